The lowest BCUT2D eigenvalue weighted by molar-refractivity contribution is 0.584. The molecule has 1 heterocycles. The Morgan fingerprint density at radius 2 is 2.25 bits per heavy atom. The predicted molar refractivity (Wildman–Crippen MR) is 29.5 cm³/mol. The van der Waals surface area contributed by atoms with Gasteiger partial charge in [0.05, 0.1) is 0 Å². The van der Waals surface area contributed by atoms with Crippen LogP contribution in [-0.4, -0.2) is 21.0 Å². The van der Waals surface area contributed by atoms with Crippen LogP contribution < -0.4 is 9.44 Å². The quantitative estimate of drug-likeness (QED) is 0.440. The molecule has 1 atom stereocenters. The number of hydrogen-bond donors (Lipinski definition) is 2. The van der Waals surface area contributed by atoms with Gasteiger partial charge in [0.15, 0.2) is 0 Å². The predicted octanol–water partition coefficient (Wildman–Crippen LogP) is -1.19. The SMILES string of the molecule is CC1CNS(=O)(=O)N1. The summed E-state index contributed by atoms with van der Waals surface area (Å²) in [5, 5.41) is 0. The molecule has 48 valence electrons. The minimum Gasteiger partial charge on any atom is -0.201 e. The Morgan fingerprint density at radius 1 is 1.62 bits per heavy atom. The van der Waals surface area contributed by atoms with Crippen LogP contribution >= 0.6 is 0 Å². The summed E-state index contributed by atoms with van der Waals surface area (Å²) in [6, 6.07) is 0.0417. The Bertz CT molecular complexity index is 174. The average molecular weight is 136 g/mol. The highest BCUT2D eigenvalue weighted by atomic mass is 32.2. The lowest BCUT2D eigenvalue weighted by Crippen LogP contribution is -2.25. The van der Waals surface area contributed by atoms with E-state index in [1.54, 1.807) is 6.92 Å². The van der Waals surface area contributed by atoms with E-state index in [9.17, 15) is 8.42 Å². The zero-order chi connectivity index (χ0) is 6.20. The van der Waals surface area contributed by atoms with Crippen molar-refractivity contribution in [2.45, 2.75) is 13.0 Å². The van der Waals surface area contributed by atoms with Crippen LogP contribution in [0.1, 0.15) is 6.92 Å². The molecular weight excluding hydrogens is 128 g/mol. The minimum absolute atomic E-state index is 0.0417. The average Bonchev–Trinajstić information content (AvgIpc) is 1.82. The first-order valence-electron chi connectivity index (χ1n) is 2.37. The van der Waals surface area contributed by atoms with Gasteiger partial charge in [-0.05, 0) is 6.92 Å². The van der Waals surface area contributed by atoms with E-state index in [1.807, 2.05) is 0 Å². The normalized spacial score (nSPS) is 35.4. The highest BCUT2D eigenvalue weighted by Gasteiger charge is 2.21. The second kappa shape index (κ2) is 1.68. The first kappa shape index (κ1) is 6.00. The van der Waals surface area contributed by atoms with Crippen LogP contribution in [0, 0.1) is 0 Å². The summed E-state index contributed by atoms with van der Waals surface area (Å²) >= 11 is 0. The molecular formula is C3H8N2O2S. The third kappa shape index (κ3) is 1.18. The fraction of sp³-hybridized carbons (Fsp3) is 1.00. The Balaban J connectivity index is 2.71. The van der Waals surface area contributed by atoms with Crippen LogP contribution in [0.2, 0.25) is 0 Å². The van der Waals surface area contributed by atoms with Gasteiger partial charge in [-0.2, -0.15) is 13.1 Å². The molecule has 4 nitrogen and oxygen atoms in total. The monoisotopic (exact) mass is 136 g/mol. The summed E-state index contributed by atoms with van der Waals surface area (Å²) in [5.74, 6) is 0. The Morgan fingerprint density at radius 3 is 2.38 bits per heavy atom. The number of rotatable bonds is 0. The van der Waals surface area contributed by atoms with Gasteiger partial charge in [0.25, 0.3) is 10.2 Å². The molecule has 1 fully saturated rings. The molecule has 0 radical (unpaired) electrons. The van der Waals surface area contributed by atoms with Crippen molar-refractivity contribution in [3.63, 3.8) is 0 Å². The molecule has 8 heavy (non-hydrogen) atoms. The second-order valence-electron chi connectivity index (χ2n) is 1.87. The van der Waals surface area contributed by atoms with Crippen molar-refractivity contribution < 1.29 is 8.42 Å². The van der Waals surface area contributed by atoms with Gasteiger partial charge in [-0.3, -0.25) is 0 Å². The van der Waals surface area contributed by atoms with Gasteiger partial charge < -0.3 is 0 Å². The van der Waals surface area contributed by atoms with E-state index in [1.165, 1.54) is 0 Å². The third-order valence-corrected chi connectivity index (χ3v) is 2.20. The van der Waals surface area contributed by atoms with Crippen molar-refractivity contribution in [1.29, 1.82) is 0 Å². The maximum atomic E-state index is 10.4. The lowest BCUT2D eigenvalue weighted by Gasteiger charge is -1.92. The topological polar surface area (TPSA) is 58.2 Å². The van der Waals surface area contributed by atoms with Crippen LogP contribution in [0.5, 0.6) is 0 Å². The smallest absolute Gasteiger partial charge is 0.201 e. The standard InChI is InChI=1S/C3H8N2O2S/c1-3-2-4-8(6,7)5-3/h3-5H,2H2,1H3. The van der Waals surface area contributed by atoms with Gasteiger partial charge in [0.1, 0.15) is 0 Å². The van der Waals surface area contributed by atoms with Gasteiger partial charge in [-0.25, -0.2) is 4.72 Å². The summed E-state index contributed by atoms with van der Waals surface area (Å²) in [5.41, 5.74) is 0. The highest BCUT2D eigenvalue weighted by Crippen LogP contribution is 1.91. The Kier molecular flexibility index (Phi) is 1.26. The molecule has 0 spiro atoms. The molecule has 2 N–H and O–H groups in total. The van der Waals surface area contributed by atoms with Gasteiger partial charge in [0, 0.05) is 12.6 Å². The van der Waals surface area contributed by atoms with Crippen molar-refractivity contribution in [3.05, 3.63) is 0 Å². The molecule has 1 saturated heterocycles. The molecule has 0 bridgehead atoms. The molecule has 0 aromatic carbocycles. The van der Waals surface area contributed by atoms with Crippen molar-refractivity contribution in [2.24, 2.45) is 0 Å². The fourth-order valence-electron chi connectivity index (χ4n) is 0.583. The molecule has 0 saturated carbocycles. The van der Waals surface area contributed by atoms with Crippen LogP contribution in [0.15, 0.2) is 0 Å². The van der Waals surface area contributed by atoms with Gasteiger partial charge in [-0.15, -0.1) is 0 Å². The second-order valence-corrected chi connectivity index (χ2v) is 3.40. The molecule has 5 heteroatoms. The summed E-state index contributed by atoms with van der Waals surface area (Å²) in [4.78, 5) is 0. The molecule has 1 aliphatic heterocycles. The maximum Gasteiger partial charge on any atom is 0.277 e. The van der Waals surface area contributed by atoms with Crippen LogP contribution in [0.25, 0.3) is 0 Å². The van der Waals surface area contributed by atoms with Crippen LogP contribution in [-0.2, 0) is 10.2 Å². The number of hydrogen-bond acceptors (Lipinski definition) is 2. The van der Waals surface area contributed by atoms with E-state index >= 15 is 0 Å². The van der Waals surface area contributed by atoms with Gasteiger partial charge in [0.2, 0.25) is 0 Å². The molecule has 1 rings (SSSR count). The first-order valence-corrected chi connectivity index (χ1v) is 3.85. The molecule has 1 unspecified atom stereocenters. The van der Waals surface area contributed by atoms with Gasteiger partial charge in [-0.1, -0.05) is 0 Å². The minimum atomic E-state index is -3.10. The van der Waals surface area contributed by atoms with Crippen LogP contribution in [0.4, 0.5) is 0 Å². The summed E-state index contributed by atoms with van der Waals surface area (Å²) in [7, 11) is -3.10. The zero-order valence-corrected chi connectivity index (χ0v) is 5.33. The van der Waals surface area contributed by atoms with E-state index in [2.05, 4.69) is 9.44 Å². The zero-order valence-electron chi connectivity index (χ0n) is 4.51. The first-order chi connectivity index (χ1) is 3.60. The lowest BCUT2D eigenvalue weighted by atomic mass is 10.4. The number of nitrogens with one attached hydrogen (secondary N) is 2. The van der Waals surface area contributed by atoms with E-state index in [0.717, 1.165) is 0 Å². The molecule has 1 aliphatic rings. The summed E-state index contributed by atoms with van der Waals surface area (Å²) in [6.07, 6.45) is 0. The molecule has 0 aliphatic carbocycles. The van der Waals surface area contributed by atoms with Gasteiger partial charge >= 0.3 is 0 Å². The summed E-state index contributed by atoms with van der Waals surface area (Å²) in [6.45, 7) is 2.31. The Labute approximate surface area is 48.5 Å². The highest BCUT2D eigenvalue weighted by molar-refractivity contribution is 7.87. The van der Waals surface area contributed by atoms with E-state index in [0.29, 0.717) is 6.54 Å². The summed E-state index contributed by atoms with van der Waals surface area (Å²) < 4.78 is 25.5. The fourth-order valence-corrected chi connectivity index (χ4v) is 1.75. The third-order valence-electron chi connectivity index (χ3n) is 0.936. The molecule has 0 aromatic heterocycles. The van der Waals surface area contributed by atoms with Crippen LogP contribution in [0.3, 0.4) is 0 Å². The van der Waals surface area contributed by atoms with E-state index in [-0.39, 0.29) is 6.04 Å². The van der Waals surface area contributed by atoms with Crippen molar-refractivity contribution in [2.75, 3.05) is 6.54 Å². The molecule has 0 amide bonds. The maximum absolute atomic E-state index is 10.4. The van der Waals surface area contributed by atoms with Crippen molar-refractivity contribution >= 4 is 10.2 Å². The Hall–Kier alpha value is -0.130. The largest absolute Gasteiger partial charge is 0.277 e. The van der Waals surface area contributed by atoms with Crippen molar-refractivity contribution in [1.82, 2.24) is 9.44 Å². The van der Waals surface area contributed by atoms with Crippen molar-refractivity contribution in [3.8, 4) is 0 Å². The molecule has 0 aromatic rings. The van der Waals surface area contributed by atoms with E-state index < -0.39 is 10.2 Å². The van der Waals surface area contributed by atoms with E-state index in [4.69, 9.17) is 0 Å².